The average molecular weight is 644 g/mol. The van der Waals surface area contributed by atoms with Crippen LogP contribution < -0.4 is 14.8 Å². The number of benzene rings is 3. The van der Waals surface area contributed by atoms with Gasteiger partial charge in [0.25, 0.3) is 11.6 Å². The molecule has 46 heavy (non-hydrogen) atoms. The number of fused-ring (bicyclic) bond motifs is 2. The van der Waals surface area contributed by atoms with Crippen molar-refractivity contribution in [2.45, 2.75) is 50.2 Å². The second-order valence-electron chi connectivity index (χ2n) is 12.5. The Hall–Kier alpha value is -4.32. The van der Waals surface area contributed by atoms with Crippen LogP contribution >= 0.6 is 0 Å². The molecule has 4 atom stereocenters. The number of nitro groups is 1. The molecule has 2 aliphatic heterocycles. The van der Waals surface area contributed by atoms with Gasteiger partial charge >= 0.3 is 0 Å². The van der Waals surface area contributed by atoms with E-state index >= 15 is 0 Å². The minimum Gasteiger partial charge on any atom is -0.497 e. The number of non-ortho nitro benzene ring substituents is 1. The topological polar surface area (TPSA) is 122 Å². The molecule has 0 saturated carbocycles. The number of ether oxygens (including phenoxy) is 2. The Labute approximate surface area is 270 Å². The van der Waals surface area contributed by atoms with E-state index in [1.807, 2.05) is 61.5 Å². The lowest BCUT2D eigenvalue weighted by atomic mass is 9.82. The van der Waals surface area contributed by atoms with Crippen LogP contribution in [0.1, 0.15) is 24.5 Å². The fourth-order valence-electron chi connectivity index (χ4n) is 7.44. The summed E-state index contributed by atoms with van der Waals surface area (Å²) in [5, 5.41) is 22.9. The van der Waals surface area contributed by atoms with Crippen molar-refractivity contribution >= 4 is 36.4 Å². The molecule has 1 spiro atoms. The van der Waals surface area contributed by atoms with Crippen molar-refractivity contribution in [3.05, 3.63) is 107 Å². The summed E-state index contributed by atoms with van der Waals surface area (Å²) in [5.41, 5.74) is 0.00949. The van der Waals surface area contributed by atoms with Gasteiger partial charge in [0.2, 0.25) is 5.91 Å². The molecule has 2 aliphatic rings. The number of nitro benzene ring substituents is 1. The predicted octanol–water partition coefficient (Wildman–Crippen LogP) is 4.76. The molecular weight excluding hydrogens is 602 g/mol. The highest BCUT2D eigenvalue weighted by Gasteiger charge is 2.66. The van der Waals surface area contributed by atoms with Crippen LogP contribution in [0.3, 0.4) is 0 Å². The lowest BCUT2D eigenvalue weighted by Gasteiger charge is -2.37. The fourth-order valence-corrected chi connectivity index (χ4v) is 11.5. The minimum absolute atomic E-state index is 0.0187. The molecule has 0 aromatic heterocycles. The van der Waals surface area contributed by atoms with Crippen LogP contribution in [0.25, 0.3) is 0 Å². The molecule has 11 heteroatoms. The zero-order chi connectivity index (χ0) is 33.2. The summed E-state index contributed by atoms with van der Waals surface area (Å²) in [6, 6.07) is 21.9. The molecule has 3 aromatic carbocycles. The van der Waals surface area contributed by atoms with Crippen LogP contribution in [0.4, 0.5) is 11.4 Å². The summed E-state index contributed by atoms with van der Waals surface area (Å²) in [4.78, 5) is 43.2. The summed E-state index contributed by atoms with van der Waals surface area (Å²) in [6.45, 7) is 10.7. The first-order chi connectivity index (χ1) is 22.0. The van der Waals surface area contributed by atoms with E-state index in [1.165, 1.54) is 12.1 Å². The normalized spacial score (nSPS) is 22.2. The average Bonchev–Trinajstić information content (AvgIpc) is 3.47. The van der Waals surface area contributed by atoms with Gasteiger partial charge < -0.3 is 24.4 Å². The number of amides is 2. The summed E-state index contributed by atoms with van der Waals surface area (Å²) < 4.78 is 12.3. The fraction of sp³-hybridized carbons (Fsp3) is 0.371. The Morgan fingerprint density at radius 3 is 2.48 bits per heavy atom. The Bertz CT molecular complexity index is 1610. The maximum atomic E-state index is 14.5. The van der Waals surface area contributed by atoms with Crippen molar-refractivity contribution in [2.75, 3.05) is 31.7 Å². The van der Waals surface area contributed by atoms with Crippen molar-refractivity contribution in [1.29, 1.82) is 0 Å². The number of carbonyl (C=O) groups excluding carboxylic acids is 2. The highest BCUT2D eigenvalue weighted by molar-refractivity contribution is 6.91. The number of aliphatic hydroxyl groups is 1. The first kappa shape index (κ1) is 33.1. The molecule has 1 N–H and O–H groups in total. The third-order valence-electron chi connectivity index (χ3n) is 9.66. The van der Waals surface area contributed by atoms with Crippen LogP contribution in [0.2, 0.25) is 18.6 Å². The number of anilines is 1. The van der Waals surface area contributed by atoms with E-state index in [9.17, 15) is 24.8 Å². The number of nitrogens with zero attached hydrogens (tertiary/aromatic N) is 3. The van der Waals surface area contributed by atoms with Crippen LogP contribution in [-0.4, -0.2) is 67.7 Å². The van der Waals surface area contributed by atoms with Crippen LogP contribution in [-0.2, 0) is 26.5 Å². The van der Waals surface area contributed by atoms with E-state index in [0.717, 1.165) is 16.5 Å². The molecule has 0 radical (unpaired) electrons. The van der Waals surface area contributed by atoms with Crippen molar-refractivity contribution in [2.24, 2.45) is 5.92 Å². The van der Waals surface area contributed by atoms with Gasteiger partial charge in [0.15, 0.2) is 5.60 Å². The van der Waals surface area contributed by atoms with Gasteiger partial charge in [0.1, 0.15) is 5.75 Å². The zero-order valence-electron chi connectivity index (χ0n) is 26.7. The molecule has 5 rings (SSSR count). The van der Waals surface area contributed by atoms with Crippen molar-refractivity contribution in [3.8, 4) is 5.75 Å². The quantitative estimate of drug-likeness (QED) is 0.131. The minimum atomic E-state index is -2.55. The van der Waals surface area contributed by atoms with E-state index in [-0.39, 0.29) is 49.2 Å². The second-order valence-corrected chi connectivity index (χ2v) is 17.2. The van der Waals surface area contributed by atoms with Crippen molar-refractivity contribution in [3.63, 3.8) is 0 Å². The largest absolute Gasteiger partial charge is 0.497 e. The molecule has 3 aromatic rings. The van der Waals surface area contributed by atoms with Gasteiger partial charge in [-0.15, -0.1) is 6.58 Å². The number of carbonyl (C=O) groups is 2. The van der Waals surface area contributed by atoms with E-state index in [2.05, 4.69) is 19.7 Å². The first-order valence-electron chi connectivity index (χ1n) is 15.5. The predicted molar refractivity (Wildman–Crippen MR) is 179 cm³/mol. The second kappa shape index (κ2) is 13.2. The lowest BCUT2D eigenvalue weighted by Crippen LogP contribution is -2.52. The maximum absolute atomic E-state index is 14.5. The standard InChI is InChI=1S/C35H41N3O7Si/c1-6-18-37-30-17-12-26(38(42)43)21-29(30)35(34(37)41)24(2)33(46(4,5)28-15-13-27(44-3)14-16-28)31(45-35)22-32(40)36(19-20-39)23-25-10-8-7-9-11-25/h6-17,21,24,31,33,39H,1,18-20,22-23H2,2-5H3/t24-,31+,33-,35+/m1/s1. The molecular formula is C35H41N3O7Si. The van der Waals surface area contributed by atoms with E-state index in [4.69, 9.17) is 9.47 Å². The highest BCUT2D eigenvalue weighted by atomic mass is 28.3. The van der Waals surface area contributed by atoms with Gasteiger partial charge in [-0.05, 0) is 29.3 Å². The van der Waals surface area contributed by atoms with E-state index in [1.54, 1.807) is 29.1 Å². The molecule has 1 saturated heterocycles. The van der Waals surface area contributed by atoms with Crippen molar-refractivity contribution in [1.82, 2.24) is 4.90 Å². The van der Waals surface area contributed by atoms with Gasteiger partial charge in [-0.1, -0.05) is 73.7 Å². The monoisotopic (exact) mass is 643 g/mol. The summed E-state index contributed by atoms with van der Waals surface area (Å²) in [5.74, 6) is -0.228. The number of hydrogen-bond donors (Lipinski definition) is 1. The van der Waals surface area contributed by atoms with Gasteiger partial charge in [-0.25, -0.2) is 0 Å². The number of methoxy groups -OCH3 is 1. The Balaban J connectivity index is 1.61. The van der Waals surface area contributed by atoms with Crippen LogP contribution in [0.15, 0.2) is 85.5 Å². The summed E-state index contributed by atoms with van der Waals surface area (Å²) in [7, 11) is -0.936. The number of aliphatic hydroxyl groups excluding tert-OH is 1. The molecule has 2 amide bonds. The lowest BCUT2D eigenvalue weighted by molar-refractivity contribution is -0.385. The Kier molecular flexibility index (Phi) is 9.48. The first-order valence-corrected chi connectivity index (χ1v) is 18.5. The third-order valence-corrected chi connectivity index (χ3v) is 14.0. The SMILES string of the molecule is C=CCN1C(=O)[C@@]2(O[C@@H](CC(=O)N(CCO)Cc3ccccc3)[C@H]([Si](C)(C)c3ccc(OC)cc3)[C@H]2C)c2cc([N+](=O)[O-])ccc21. The number of hydrogen-bond acceptors (Lipinski definition) is 7. The van der Waals surface area contributed by atoms with Gasteiger partial charge in [0, 0.05) is 43.2 Å². The molecule has 0 bridgehead atoms. The van der Waals surface area contributed by atoms with Crippen molar-refractivity contribution < 1.29 is 29.1 Å². The Morgan fingerprint density at radius 2 is 1.87 bits per heavy atom. The Morgan fingerprint density at radius 1 is 1.17 bits per heavy atom. The van der Waals surface area contributed by atoms with Crippen LogP contribution in [0, 0.1) is 16.0 Å². The molecule has 0 unspecified atom stereocenters. The summed E-state index contributed by atoms with van der Waals surface area (Å²) >= 11 is 0. The molecule has 242 valence electrons. The number of rotatable bonds is 12. The molecule has 1 fully saturated rings. The molecule has 10 nitrogen and oxygen atoms in total. The summed E-state index contributed by atoms with van der Waals surface area (Å²) in [6.07, 6.45) is 0.921. The molecule has 0 aliphatic carbocycles. The smallest absolute Gasteiger partial charge is 0.269 e. The van der Waals surface area contributed by atoms with E-state index < -0.39 is 30.6 Å². The van der Waals surface area contributed by atoms with Gasteiger partial charge in [-0.2, -0.15) is 0 Å². The third kappa shape index (κ3) is 5.74. The van der Waals surface area contributed by atoms with E-state index in [0.29, 0.717) is 17.8 Å². The zero-order valence-corrected chi connectivity index (χ0v) is 27.7. The maximum Gasteiger partial charge on any atom is 0.269 e. The van der Waals surface area contributed by atoms with Gasteiger partial charge in [-0.3, -0.25) is 19.7 Å². The highest BCUT2D eigenvalue weighted by Crippen LogP contribution is 2.60. The van der Waals surface area contributed by atoms with Crippen LogP contribution in [0.5, 0.6) is 5.75 Å². The molecule has 2 heterocycles. The van der Waals surface area contributed by atoms with Gasteiger partial charge in [0.05, 0.1) is 44.9 Å².